The quantitative estimate of drug-likeness (QED) is 0.348. The molecule has 0 spiro atoms. The molecule has 6 heteroatoms. The number of aryl methyl sites for hydroxylation is 2. The van der Waals surface area contributed by atoms with Gasteiger partial charge in [-0.2, -0.15) is 5.10 Å². The van der Waals surface area contributed by atoms with Crippen LogP contribution in [0.3, 0.4) is 0 Å². The van der Waals surface area contributed by atoms with Crippen LogP contribution in [0.1, 0.15) is 22.3 Å². The van der Waals surface area contributed by atoms with E-state index in [-0.39, 0.29) is 5.69 Å². The van der Waals surface area contributed by atoms with E-state index in [0.29, 0.717) is 12.3 Å². The highest BCUT2D eigenvalue weighted by Gasteiger charge is 2.04. The SMILES string of the molecule is Cc1ccc(C)c(COc2ccc(C=NNc3cccc([N+](=O)[O-])c3)cc2)c1. The fourth-order valence-electron chi connectivity index (χ4n) is 2.64. The molecule has 0 heterocycles. The van der Waals surface area contributed by atoms with Crippen molar-refractivity contribution < 1.29 is 9.66 Å². The summed E-state index contributed by atoms with van der Waals surface area (Å²) < 4.78 is 5.87. The number of nitro groups is 1. The van der Waals surface area contributed by atoms with Crippen molar-refractivity contribution in [1.82, 2.24) is 0 Å². The van der Waals surface area contributed by atoms with Crippen molar-refractivity contribution in [2.24, 2.45) is 5.10 Å². The summed E-state index contributed by atoms with van der Waals surface area (Å²) in [5.74, 6) is 0.782. The Labute approximate surface area is 163 Å². The third-order valence-corrected chi connectivity index (χ3v) is 4.24. The summed E-state index contributed by atoms with van der Waals surface area (Å²) in [6, 6.07) is 20.1. The molecule has 0 aromatic heterocycles. The van der Waals surface area contributed by atoms with Crippen molar-refractivity contribution in [3.05, 3.63) is 99.1 Å². The van der Waals surface area contributed by atoms with Crippen molar-refractivity contribution in [2.45, 2.75) is 20.5 Å². The normalized spacial score (nSPS) is 10.8. The Morgan fingerprint density at radius 3 is 2.61 bits per heavy atom. The van der Waals surface area contributed by atoms with Gasteiger partial charge in [0.15, 0.2) is 0 Å². The maximum Gasteiger partial charge on any atom is 0.271 e. The molecule has 0 aliphatic carbocycles. The highest BCUT2D eigenvalue weighted by molar-refractivity contribution is 5.80. The third-order valence-electron chi connectivity index (χ3n) is 4.24. The average Bonchev–Trinajstić information content (AvgIpc) is 2.70. The minimum Gasteiger partial charge on any atom is -0.489 e. The Bertz CT molecular complexity index is 998. The van der Waals surface area contributed by atoms with Crippen LogP contribution >= 0.6 is 0 Å². The van der Waals surface area contributed by atoms with Gasteiger partial charge >= 0.3 is 0 Å². The van der Waals surface area contributed by atoms with E-state index >= 15 is 0 Å². The molecule has 0 radical (unpaired) electrons. The van der Waals surface area contributed by atoms with Gasteiger partial charge in [0.05, 0.1) is 16.8 Å². The molecule has 0 aliphatic rings. The summed E-state index contributed by atoms with van der Waals surface area (Å²) in [5.41, 5.74) is 7.85. The summed E-state index contributed by atoms with van der Waals surface area (Å²) in [7, 11) is 0. The van der Waals surface area contributed by atoms with Crippen molar-refractivity contribution >= 4 is 17.6 Å². The lowest BCUT2D eigenvalue weighted by Gasteiger charge is -2.10. The van der Waals surface area contributed by atoms with Gasteiger partial charge in [-0.15, -0.1) is 0 Å². The van der Waals surface area contributed by atoms with Crippen LogP contribution in [0.15, 0.2) is 71.8 Å². The van der Waals surface area contributed by atoms with Crippen molar-refractivity contribution in [3.8, 4) is 5.75 Å². The molecule has 0 saturated carbocycles. The van der Waals surface area contributed by atoms with Gasteiger partial charge in [0.25, 0.3) is 5.69 Å². The zero-order valence-corrected chi connectivity index (χ0v) is 15.8. The van der Waals surface area contributed by atoms with E-state index in [1.165, 1.54) is 28.8 Å². The van der Waals surface area contributed by atoms with E-state index in [9.17, 15) is 10.1 Å². The molecule has 1 N–H and O–H groups in total. The Morgan fingerprint density at radius 1 is 1.07 bits per heavy atom. The number of nitrogens with zero attached hydrogens (tertiary/aromatic N) is 2. The molecule has 6 nitrogen and oxygen atoms in total. The van der Waals surface area contributed by atoms with Gasteiger partial charge in [-0.3, -0.25) is 15.5 Å². The van der Waals surface area contributed by atoms with Crippen LogP contribution in [0.5, 0.6) is 5.75 Å². The predicted molar refractivity (Wildman–Crippen MR) is 111 cm³/mol. The van der Waals surface area contributed by atoms with Crippen LogP contribution in [0.25, 0.3) is 0 Å². The van der Waals surface area contributed by atoms with Crippen LogP contribution in [-0.2, 0) is 6.61 Å². The zero-order chi connectivity index (χ0) is 19.9. The average molecular weight is 375 g/mol. The lowest BCUT2D eigenvalue weighted by molar-refractivity contribution is -0.384. The number of hydrogen-bond acceptors (Lipinski definition) is 5. The first-order valence-electron chi connectivity index (χ1n) is 8.84. The second-order valence-electron chi connectivity index (χ2n) is 6.47. The van der Waals surface area contributed by atoms with Gasteiger partial charge in [-0.05, 0) is 60.9 Å². The third kappa shape index (κ3) is 5.17. The summed E-state index contributed by atoms with van der Waals surface area (Å²) in [6.07, 6.45) is 1.65. The number of ether oxygens (including phenoxy) is 1. The molecule has 0 atom stereocenters. The number of hydrogen-bond donors (Lipinski definition) is 1. The van der Waals surface area contributed by atoms with Crippen molar-refractivity contribution in [3.63, 3.8) is 0 Å². The largest absolute Gasteiger partial charge is 0.489 e. The summed E-state index contributed by atoms with van der Waals surface area (Å²) >= 11 is 0. The molecule has 0 unspecified atom stereocenters. The van der Waals surface area contributed by atoms with Gasteiger partial charge in [0, 0.05) is 12.1 Å². The monoisotopic (exact) mass is 375 g/mol. The molecule has 3 rings (SSSR count). The van der Waals surface area contributed by atoms with Crippen LogP contribution < -0.4 is 10.2 Å². The standard InChI is InChI=1S/C22H21N3O3/c1-16-6-7-17(2)19(12-16)15-28-22-10-8-18(9-11-22)14-23-24-20-4-3-5-21(13-20)25(26)27/h3-14,24H,15H2,1-2H3. The number of nitrogens with one attached hydrogen (secondary N) is 1. The summed E-state index contributed by atoms with van der Waals surface area (Å²) in [4.78, 5) is 10.3. The molecule has 0 bridgehead atoms. The van der Waals surface area contributed by atoms with E-state index in [4.69, 9.17) is 4.74 Å². The van der Waals surface area contributed by atoms with Crippen molar-refractivity contribution in [1.29, 1.82) is 0 Å². The highest BCUT2D eigenvalue weighted by atomic mass is 16.6. The maximum absolute atomic E-state index is 10.8. The number of nitro benzene ring substituents is 1. The Hall–Kier alpha value is -3.67. The second kappa shape index (κ2) is 8.81. The molecular weight excluding hydrogens is 354 g/mol. The molecule has 28 heavy (non-hydrogen) atoms. The Kier molecular flexibility index (Phi) is 6.01. The van der Waals surface area contributed by atoms with Gasteiger partial charge in [0.2, 0.25) is 0 Å². The smallest absolute Gasteiger partial charge is 0.271 e. The molecule has 0 fully saturated rings. The Balaban J connectivity index is 1.57. The first kappa shape index (κ1) is 19.1. The lowest BCUT2D eigenvalue weighted by atomic mass is 10.1. The zero-order valence-electron chi connectivity index (χ0n) is 15.8. The topological polar surface area (TPSA) is 76.8 Å². The van der Waals surface area contributed by atoms with Crippen LogP contribution in [0, 0.1) is 24.0 Å². The number of hydrazone groups is 1. The van der Waals surface area contributed by atoms with E-state index < -0.39 is 4.92 Å². The van der Waals surface area contributed by atoms with Gasteiger partial charge in [-0.25, -0.2) is 0 Å². The van der Waals surface area contributed by atoms with Gasteiger partial charge in [0.1, 0.15) is 12.4 Å². The molecule has 0 amide bonds. The first-order chi connectivity index (χ1) is 13.5. The van der Waals surface area contributed by atoms with Gasteiger partial charge in [-0.1, -0.05) is 29.8 Å². The number of anilines is 1. The molecule has 3 aromatic carbocycles. The number of rotatable bonds is 7. The minimum atomic E-state index is -0.439. The molecule has 0 saturated heterocycles. The van der Waals surface area contributed by atoms with Gasteiger partial charge < -0.3 is 4.74 Å². The van der Waals surface area contributed by atoms with Crippen LogP contribution in [0.4, 0.5) is 11.4 Å². The fraction of sp³-hybridized carbons (Fsp3) is 0.136. The summed E-state index contributed by atoms with van der Waals surface area (Å²) in [5, 5.41) is 14.9. The molecule has 0 aliphatic heterocycles. The number of non-ortho nitro benzene ring substituents is 1. The van der Waals surface area contributed by atoms with E-state index in [1.54, 1.807) is 18.3 Å². The minimum absolute atomic E-state index is 0.0190. The summed E-state index contributed by atoms with van der Waals surface area (Å²) in [6.45, 7) is 4.67. The first-order valence-corrected chi connectivity index (χ1v) is 8.84. The van der Waals surface area contributed by atoms with E-state index in [1.807, 2.05) is 24.3 Å². The fourth-order valence-corrected chi connectivity index (χ4v) is 2.64. The maximum atomic E-state index is 10.8. The molecule has 3 aromatic rings. The van der Waals surface area contributed by atoms with Crippen molar-refractivity contribution in [2.75, 3.05) is 5.43 Å². The lowest BCUT2D eigenvalue weighted by Crippen LogP contribution is -1.98. The van der Waals surface area contributed by atoms with E-state index in [2.05, 4.69) is 42.6 Å². The molecular formula is C22H21N3O3. The highest BCUT2D eigenvalue weighted by Crippen LogP contribution is 2.18. The Morgan fingerprint density at radius 2 is 1.86 bits per heavy atom. The van der Waals surface area contributed by atoms with E-state index in [0.717, 1.165) is 11.3 Å². The molecule has 142 valence electrons. The number of benzene rings is 3. The van der Waals surface area contributed by atoms with Crippen LogP contribution in [-0.4, -0.2) is 11.1 Å². The predicted octanol–water partition coefficient (Wildman–Crippen LogP) is 5.24. The van der Waals surface area contributed by atoms with Crippen LogP contribution in [0.2, 0.25) is 0 Å². The second-order valence-corrected chi connectivity index (χ2v) is 6.47.